The van der Waals surface area contributed by atoms with Crippen LogP contribution in [0.15, 0.2) is 18.2 Å². The quantitative estimate of drug-likeness (QED) is 0.758. The Morgan fingerprint density at radius 1 is 1.38 bits per heavy atom. The fraction of sp³-hybridized carbons (Fsp3) is 0.400. The Morgan fingerprint density at radius 3 is 2.83 bits per heavy atom. The van der Waals surface area contributed by atoms with Gasteiger partial charge in [-0.15, -0.1) is 0 Å². The minimum atomic E-state index is -1.27. The van der Waals surface area contributed by atoms with Crippen LogP contribution in [-0.2, 0) is 16.0 Å². The number of ether oxygens (including phenoxy) is 1. The minimum absolute atomic E-state index is 0.0175. The van der Waals surface area contributed by atoms with Crippen LogP contribution in [0.5, 0.6) is 5.75 Å². The number of rotatable bonds is 5. The number of amides is 1. The third-order valence-corrected chi connectivity index (χ3v) is 4.15. The highest BCUT2D eigenvalue weighted by Gasteiger charge is 2.38. The summed E-state index contributed by atoms with van der Waals surface area (Å²) in [5, 5.41) is 19.3. The highest BCUT2D eigenvalue weighted by Crippen LogP contribution is 2.36. The van der Waals surface area contributed by atoms with Gasteiger partial charge in [0.1, 0.15) is 12.4 Å². The van der Waals surface area contributed by atoms with E-state index in [1.54, 1.807) is 12.1 Å². The van der Waals surface area contributed by atoms with Gasteiger partial charge in [0.05, 0.1) is 18.7 Å². The van der Waals surface area contributed by atoms with Gasteiger partial charge in [-0.05, 0) is 18.1 Å². The van der Waals surface area contributed by atoms with Crippen LogP contribution in [0.25, 0.3) is 0 Å². The fourth-order valence-corrected chi connectivity index (χ4v) is 2.97. The maximum absolute atomic E-state index is 12.1. The number of benzene rings is 1. The first-order valence-corrected chi connectivity index (χ1v) is 7.59. The third kappa shape index (κ3) is 3.21. The van der Waals surface area contributed by atoms with Gasteiger partial charge < -0.3 is 19.5 Å². The molecule has 0 radical (unpaired) electrons. The van der Waals surface area contributed by atoms with Crippen molar-refractivity contribution in [3.8, 4) is 5.75 Å². The van der Waals surface area contributed by atoms with Crippen LogP contribution in [0.3, 0.4) is 0 Å². The van der Waals surface area contributed by atoms with Crippen molar-refractivity contribution in [2.75, 3.05) is 19.7 Å². The molecule has 1 fully saturated rings. The molecule has 0 unspecified atom stereocenters. The normalized spacial score (nSPS) is 19.5. The number of fused-ring (bicyclic) bond motifs is 1. The summed E-state index contributed by atoms with van der Waals surface area (Å²) in [7, 11) is -1.27. The van der Waals surface area contributed by atoms with E-state index in [0.717, 1.165) is 0 Å². The summed E-state index contributed by atoms with van der Waals surface area (Å²) in [6, 6.07) is 4.71. The topological polar surface area (TPSA) is 113 Å². The number of carbonyl (C=O) groups excluding carboxylic acids is 2. The summed E-state index contributed by atoms with van der Waals surface area (Å²) in [5.74, 6) is -1.70. The zero-order chi connectivity index (χ0) is 17.3. The lowest BCUT2D eigenvalue weighted by Gasteiger charge is -2.28. The maximum atomic E-state index is 12.1. The van der Waals surface area contributed by atoms with Crippen molar-refractivity contribution in [3.05, 3.63) is 29.3 Å². The molecular weight excluding hydrogens is 317 g/mol. The first-order valence-electron chi connectivity index (χ1n) is 7.59. The number of aromatic carboxylic acids is 1. The smallest absolute Gasteiger partial charge is 0.526 e. The number of nitrogens with zero attached hydrogens (tertiary/aromatic N) is 1. The fourth-order valence-electron chi connectivity index (χ4n) is 2.97. The van der Waals surface area contributed by atoms with Crippen molar-refractivity contribution >= 4 is 25.0 Å². The van der Waals surface area contributed by atoms with Gasteiger partial charge >= 0.3 is 19.2 Å². The molecule has 2 heterocycles. The van der Waals surface area contributed by atoms with Gasteiger partial charge in [0.25, 0.3) is 0 Å². The highest BCUT2D eigenvalue weighted by molar-refractivity contribution is 6.47. The van der Waals surface area contributed by atoms with Crippen LogP contribution in [-0.4, -0.2) is 59.7 Å². The van der Waals surface area contributed by atoms with E-state index < -0.39 is 25.0 Å². The van der Waals surface area contributed by atoms with Gasteiger partial charge in [-0.1, -0.05) is 12.1 Å². The number of carboxylic acid groups (broad SMARTS) is 1. The Kier molecular flexibility index (Phi) is 4.43. The van der Waals surface area contributed by atoms with Gasteiger partial charge in [0.2, 0.25) is 0 Å². The van der Waals surface area contributed by atoms with Crippen LogP contribution in [0.4, 0.5) is 4.79 Å². The summed E-state index contributed by atoms with van der Waals surface area (Å²) in [6.45, 7) is 0.579. The minimum Gasteiger partial charge on any atom is -0.535 e. The first kappa shape index (κ1) is 16.3. The molecule has 1 atom stereocenters. The molecule has 24 heavy (non-hydrogen) atoms. The molecule has 1 saturated heterocycles. The predicted molar refractivity (Wildman–Crippen MR) is 82.0 cm³/mol. The molecule has 126 valence electrons. The Hall–Kier alpha value is -2.55. The maximum Gasteiger partial charge on any atom is 0.526 e. The van der Waals surface area contributed by atoms with Gasteiger partial charge in [0.15, 0.2) is 5.78 Å². The number of para-hydroxylation sites is 1. The molecule has 2 aliphatic rings. The van der Waals surface area contributed by atoms with Crippen molar-refractivity contribution in [1.29, 1.82) is 0 Å². The van der Waals surface area contributed by atoms with Crippen LogP contribution in [0, 0.1) is 0 Å². The van der Waals surface area contributed by atoms with Crippen LogP contribution in [0.2, 0.25) is 5.82 Å². The van der Waals surface area contributed by atoms with Gasteiger partial charge in [-0.2, -0.15) is 0 Å². The lowest BCUT2D eigenvalue weighted by atomic mass is 9.64. The third-order valence-electron chi connectivity index (χ3n) is 4.15. The molecule has 0 saturated carbocycles. The van der Waals surface area contributed by atoms with Gasteiger partial charge in [-0.25, -0.2) is 9.59 Å². The largest absolute Gasteiger partial charge is 0.535 e. The Bertz CT molecular complexity index is 692. The number of ketones is 1. The molecule has 1 aromatic carbocycles. The average molecular weight is 333 g/mol. The highest BCUT2D eigenvalue weighted by atomic mass is 16.6. The second kappa shape index (κ2) is 6.52. The van der Waals surface area contributed by atoms with Crippen LogP contribution >= 0.6 is 0 Å². The molecule has 2 N–H and O–H groups in total. The van der Waals surface area contributed by atoms with E-state index in [1.807, 2.05) is 0 Å². The second-order valence-electron chi connectivity index (χ2n) is 5.85. The van der Waals surface area contributed by atoms with E-state index in [2.05, 4.69) is 0 Å². The number of cyclic esters (lactones) is 1. The Morgan fingerprint density at radius 2 is 2.17 bits per heavy atom. The zero-order valence-electron chi connectivity index (χ0n) is 12.8. The Balaban J connectivity index is 1.68. The molecule has 0 bridgehead atoms. The number of carboxylic acids is 1. The Labute approximate surface area is 138 Å². The molecule has 0 aromatic heterocycles. The van der Waals surface area contributed by atoms with E-state index >= 15 is 0 Å². The number of hydrogen-bond acceptors (Lipinski definition) is 6. The molecular formula is C15H16BNO7. The number of carbonyl (C=O) groups is 3. The standard InChI is InChI=1S/C15H16BNO7/c18-11(8-17-4-5-23-15(17)21)7-10-6-9-2-1-3-12(14(19)20)13(9)24-16(10)22/h1-3,10,22H,4-8H2,(H,19,20)/t10-/m1/s1. The van der Waals surface area contributed by atoms with Crippen molar-refractivity contribution < 1.29 is 33.9 Å². The number of hydrogen-bond donors (Lipinski definition) is 2. The lowest BCUT2D eigenvalue weighted by Crippen LogP contribution is -2.38. The molecule has 2 aliphatic heterocycles. The summed E-state index contributed by atoms with van der Waals surface area (Å²) < 4.78 is 10.1. The van der Waals surface area contributed by atoms with Crippen LogP contribution in [0.1, 0.15) is 22.3 Å². The van der Waals surface area contributed by atoms with Gasteiger partial charge in [-0.3, -0.25) is 9.69 Å². The first-order chi connectivity index (χ1) is 11.5. The molecule has 3 rings (SSSR count). The second-order valence-corrected chi connectivity index (χ2v) is 5.85. The van der Waals surface area contributed by atoms with E-state index in [1.165, 1.54) is 11.0 Å². The monoisotopic (exact) mass is 333 g/mol. The predicted octanol–water partition coefficient (Wildman–Crippen LogP) is 0.582. The van der Waals surface area contributed by atoms with Crippen molar-refractivity contribution in [2.24, 2.45) is 0 Å². The van der Waals surface area contributed by atoms with E-state index in [9.17, 15) is 19.4 Å². The SMILES string of the molecule is O=C(C[C@H]1Cc2cccc(C(=O)O)c2OB1O)CN1CCOC1=O. The van der Waals surface area contributed by atoms with Crippen molar-refractivity contribution in [1.82, 2.24) is 4.90 Å². The molecule has 1 aromatic rings. The summed E-state index contributed by atoms with van der Waals surface area (Å²) in [5.41, 5.74) is 0.620. The average Bonchev–Trinajstić information content (AvgIpc) is 2.92. The van der Waals surface area contributed by atoms with Crippen molar-refractivity contribution in [2.45, 2.75) is 18.7 Å². The number of Topliss-reactive ketones (excluding diaryl/α,β-unsaturated/α-hetero) is 1. The summed E-state index contributed by atoms with van der Waals surface area (Å²) in [6.07, 6.45) is -0.157. The zero-order valence-corrected chi connectivity index (χ0v) is 12.8. The summed E-state index contributed by atoms with van der Waals surface area (Å²) in [4.78, 5) is 36.0. The molecule has 8 nitrogen and oxygen atoms in total. The molecule has 9 heteroatoms. The van der Waals surface area contributed by atoms with E-state index in [-0.39, 0.29) is 36.7 Å². The van der Waals surface area contributed by atoms with Crippen molar-refractivity contribution in [3.63, 3.8) is 0 Å². The molecule has 1 amide bonds. The molecule has 0 spiro atoms. The van der Waals surface area contributed by atoms with Gasteiger partial charge in [0, 0.05) is 12.2 Å². The summed E-state index contributed by atoms with van der Waals surface area (Å²) >= 11 is 0. The lowest BCUT2D eigenvalue weighted by molar-refractivity contribution is -0.119. The van der Waals surface area contributed by atoms with Crippen LogP contribution < -0.4 is 4.65 Å². The van der Waals surface area contributed by atoms with E-state index in [4.69, 9.17) is 14.5 Å². The van der Waals surface area contributed by atoms with E-state index in [0.29, 0.717) is 18.5 Å². The molecule has 0 aliphatic carbocycles.